The number of nitrogens with zero attached hydrogens (tertiary/aromatic N) is 3. The smallest absolute Gasteiger partial charge is 0.0727 e. The van der Waals surface area contributed by atoms with Crippen LogP contribution in [0.25, 0.3) is 60.5 Å². The van der Waals surface area contributed by atoms with Crippen molar-refractivity contribution in [3.05, 3.63) is 283 Å². The van der Waals surface area contributed by atoms with Crippen molar-refractivity contribution in [1.29, 1.82) is 0 Å². The van der Waals surface area contributed by atoms with Gasteiger partial charge in [-0.2, -0.15) is 0 Å². The maximum atomic E-state index is 2.49. The molecule has 0 bridgehead atoms. The monoisotopic (exact) mass is 865 g/mol. The van der Waals surface area contributed by atoms with Crippen molar-refractivity contribution in [3.63, 3.8) is 0 Å². The Morgan fingerprint density at radius 2 is 0.838 bits per heavy atom. The van der Waals surface area contributed by atoms with Crippen LogP contribution in [0, 0.1) is 0 Å². The minimum absolute atomic E-state index is 0.582. The van der Waals surface area contributed by atoms with Crippen molar-refractivity contribution in [2.24, 2.45) is 0 Å². The average molecular weight is 866 g/mol. The van der Waals surface area contributed by atoms with E-state index in [2.05, 4.69) is 275 Å². The first-order valence-electron chi connectivity index (χ1n) is 23.5. The molecule has 3 nitrogen and oxygen atoms in total. The van der Waals surface area contributed by atoms with Crippen LogP contribution in [0.4, 0.5) is 34.1 Å². The predicted octanol–water partition coefficient (Wildman–Crippen LogP) is 17.2. The molecule has 1 spiro atoms. The van der Waals surface area contributed by atoms with Crippen LogP contribution < -0.4 is 9.80 Å². The molecule has 11 aromatic carbocycles. The van der Waals surface area contributed by atoms with Crippen LogP contribution in [0.5, 0.6) is 0 Å². The van der Waals surface area contributed by atoms with E-state index >= 15 is 0 Å². The molecule has 0 fully saturated rings. The minimum Gasteiger partial charge on any atom is -0.310 e. The van der Waals surface area contributed by atoms with E-state index in [4.69, 9.17) is 0 Å². The summed E-state index contributed by atoms with van der Waals surface area (Å²) in [6, 6.07) is 96.2. The molecule has 1 atom stereocenters. The third-order valence-electron chi connectivity index (χ3n) is 14.5. The van der Waals surface area contributed by atoms with Crippen molar-refractivity contribution >= 4 is 66.7 Å². The van der Waals surface area contributed by atoms with Gasteiger partial charge in [0.25, 0.3) is 0 Å². The summed E-state index contributed by atoms with van der Waals surface area (Å²) in [5.41, 5.74) is 19.9. The van der Waals surface area contributed by atoms with E-state index in [-0.39, 0.29) is 0 Å². The Balaban J connectivity index is 1.02. The van der Waals surface area contributed by atoms with Gasteiger partial charge in [-0.05, 0) is 135 Å². The molecular formula is C65H43N3. The zero-order chi connectivity index (χ0) is 44.8. The second-order valence-corrected chi connectivity index (χ2v) is 18.0. The zero-order valence-electron chi connectivity index (χ0n) is 37.2. The number of para-hydroxylation sites is 4. The Kier molecular flexibility index (Phi) is 8.50. The lowest BCUT2D eigenvalue weighted by Gasteiger charge is -2.33. The first-order valence-corrected chi connectivity index (χ1v) is 23.5. The summed E-state index contributed by atoms with van der Waals surface area (Å²) in [5.74, 6) is 0. The van der Waals surface area contributed by atoms with Gasteiger partial charge in [0.05, 0.1) is 22.1 Å². The van der Waals surface area contributed by atoms with E-state index in [9.17, 15) is 0 Å². The van der Waals surface area contributed by atoms with Crippen molar-refractivity contribution in [1.82, 2.24) is 4.57 Å². The summed E-state index contributed by atoms with van der Waals surface area (Å²) in [5, 5.41) is 4.91. The van der Waals surface area contributed by atoms with E-state index in [0.717, 1.165) is 39.8 Å². The fourth-order valence-electron chi connectivity index (χ4n) is 11.8. The molecule has 14 rings (SSSR count). The van der Waals surface area contributed by atoms with Gasteiger partial charge in [0.1, 0.15) is 0 Å². The van der Waals surface area contributed by atoms with Gasteiger partial charge >= 0.3 is 0 Å². The number of fused-ring (bicyclic) bond motifs is 14. The molecule has 0 aliphatic heterocycles. The summed E-state index contributed by atoms with van der Waals surface area (Å²) in [6.45, 7) is 0. The molecule has 0 saturated heterocycles. The van der Waals surface area contributed by atoms with Crippen molar-refractivity contribution in [3.8, 4) is 27.9 Å². The Morgan fingerprint density at radius 1 is 0.294 bits per heavy atom. The third-order valence-corrected chi connectivity index (χ3v) is 14.5. The van der Waals surface area contributed by atoms with Crippen LogP contribution in [0.2, 0.25) is 0 Å². The van der Waals surface area contributed by atoms with E-state index < -0.39 is 5.41 Å². The number of hydrogen-bond acceptors (Lipinski definition) is 2. The second-order valence-electron chi connectivity index (χ2n) is 18.0. The van der Waals surface area contributed by atoms with Crippen LogP contribution in [0.15, 0.2) is 261 Å². The van der Waals surface area contributed by atoms with Crippen LogP contribution in [-0.2, 0) is 5.41 Å². The van der Waals surface area contributed by atoms with E-state index in [1.54, 1.807) is 0 Å². The summed E-state index contributed by atoms with van der Waals surface area (Å²) in [7, 11) is 0. The highest BCUT2D eigenvalue weighted by Gasteiger charge is 2.52. The molecule has 3 heteroatoms. The molecule has 0 radical (unpaired) electrons. The molecule has 1 aromatic heterocycles. The maximum Gasteiger partial charge on any atom is 0.0727 e. The lowest BCUT2D eigenvalue weighted by Crippen LogP contribution is -2.26. The van der Waals surface area contributed by atoms with Gasteiger partial charge in [-0.15, -0.1) is 0 Å². The molecular weight excluding hydrogens is 823 g/mol. The lowest BCUT2D eigenvalue weighted by atomic mass is 9.70. The highest BCUT2D eigenvalue weighted by Crippen LogP contribution is 2.65. The number of benzene rings is 11. The van der Waals surface area contributed by atoms with E-state index in [1.807, 2.05) is 0 Å². The molecule has 12 aromatic rings. The minimum atomic E-state index is -0.582. The van der Waals surface area contributed by atoms with Crippen molar-refractivity contribution in [2.75, 3.05) is 9.80 Å². The SMILES string of the molecule is c1ccc(N(c2ccc3c(c2)C2(c4ccccc4-3)c3ccccc3-c3c(N(c4ccccc4)c4ccc5c6ccccc6n(-c6ccccc6)c5c4)cccc32)c2ccc3ccccc3c2)cc1. The molecule has 1 unspecified atom stereocenters. The molecule has 0 amide bonds. The topological polar surface area (TPSA) is 11.4 Å². The summed E-state index contributed by atoms with van der Waals surface area (Å²) in [4.78, 5) is 4.90. The summed E-state index contributed by atoms with van der Waals surface area (Å²) >= 11 is 0. The van der Waals surface area contributed by atoms with Crippen LogP contribution in [0.1, 0.15) is 22.3 Å². The predicted molar refractivity (Wildman–Crippen MR) is 284 cm³/mol. The number of rotatable bonds is 7. The van der Waals surface area contributed by atoms with E-state index in [1.165, 1.54) is 77.1 Å². The van der Waals surface area contributed by atoms with Crippen LogP contribution in [0.3, 0.4) is 0 Å². The van der Waals surface area contributed by atoms with Gasteiger partial charge in [-0.25, -0.2) is 0 Å². The Hall–Kier alpha value is -8.92. The Morgan fingerprint density at radius 3 is 1.63 bits per heavy atom. The largest absolute Gasteiger partial charge is 0.310 e. The number of anilines is 6. The third kappa shape index (κ3) is 5.54. The number of aromatic nitrogens is 1. The van der Waals surface area contributed by atoms with Gasteiger partial charge in [-0.1, -0.05) is 176 Å². The standard InChI is InChI=1S/C65H43N3/c1-4-21-46(22-5-1)66(49-36-35-44-19-10-11-20-45(44)41-49)50-37-39-53-52-27-12-15-30-57(52)65(60(53)42-50)58-31-16-13-29-56(58)64-59(65)32-18-34-62(64)67(47-23-6-2-7-24-47)51-38-40-55-54-28-14-17-33-61(54)68(63(55)43-51)48-25-8-3-9-26-48/h1-43H. The molecule has 2 aliphatic carbocycles. The molecule has 2 aliphatic rings. The lowest BCUT2D eigenvalue weighted by molar-refractivity contribution is 0.793. The normalized spacial score (nSPS) is 14.2. The van der Waals surface area contributed by atoms with Crippen LogP contribution in [-0.4, -0.2) is 4.57 Å². The highest BCUT2D eigenvalue weighted by atomic mass is 15.2. The van der Waals surface area contributed by atoms with E-state index in [0.29, 0.717) is 0 Å². The molecule has 318 valence electrons. The van der Waals surface area contributed by atoms with Gasteiger partial charge in [0.15, 0.2) is 0 Å². The number of hydrogen-bond donors (Lipinski definition) is 0. The fraction of sp³-hybridized carbons (Fsp3) is 0.0154. The summed E-state index contributed by atoms with van der Waals surface area (Å²) < 4.78 is 2.41. The van der Waals surface area contributed by atoms with Gasteiger partial charge < -0.3 is 14.4 Å². The zero-order valence-corrected chi connectivity index (χ0v) is 37.2. The maximum absolute atomic E-state index is 2.49. The molecule has 68 heavy (non-hydrogen) atoms. The van der Waals surface area contributed by atoms with Crippen molar-refractivity contribution < 1.29 is 0 Å². The average Bonchev–Trinajstić information content (AvgIpc) is 4.01. The summed E-state index contributed by atoms with van der Waals surface area (Å²) in [6.07, 6.45) is 0. The fourth-order valence-corrected chi connectivity index (χ4v) is 11.8. The van der Waals surface area contributed by atoms with Gasteiger partial charge in [-0.3, -0.25) is 0 Å². The second kappa shape index (κ2) is 15.1. The quantitative estimate of drug-likeness (QED) is 0.158. The molecule has 0 N–H and O–H groups in total. The van der Waals surface area contributed by atoms with Crippen LogP contribution >= 0.6 is 0 Å². The first-order chi connectivity index (χ1) is 33.8. The molecule has 0 saturated carbocycles. The highest BCUT2D eigenvalue weighted by molar-refractivity contribution is 6.11. The first kappa shape index (κ1) is 38.4. The van der Waals surface area contributed by atoms with Gasteiger partial charge in [0.2, 0.25) is 0 Å². The van der Waals surface area contributed by atoms with Gasteiger partial charge in [0, 0.05) is 50.5 Å². The Labute approximate surface area is 395 Å². The molecule has 1 heterocycles. The Bertz CT molecular complexity index is 3930. The van der Waals surface area contributed by atoms with Crippen molar-refractivity contribution in [2.45, 2.75) is 5.41 Å².